The van der Waals surface area contributed by atoms with Gasteiger partial charge in [0.2, 0.25) is 6.54 Å². The van der Waals surface area contributed by atoms with E-state index in [1.165, 1.54) is 14.2 Å². The molecule has 0 spiro atoms. The van der Waals surface area contributed by atoms with Crippen molar-refractivity contribution in [3.8, 4) is 0 Å². The summed E-state index contributed by atoms with van der Waals surface area (Å²) in [4.78, 5) is 39.0. The van der Waals surface area contributed by atoms with Crippen LogP contribution in [0.2, 0.25) is 0 Å². The quantitative estimate of drug-likeness (QED) is 0.286. The van der Waals surface area contributed by atoms with E-state index in [4.69, 9.17) is 4.74 Å². The standard InChI is InChI=1S/C12H12N2O4.C10H9NO2/c1-18-12(15)9-3-2-4-10-11(9)8(7-13-10)5-6-14(16)17;1-13-10(12)8-3-2-4-9-7(8)5-6-11-9/h2-4,7,13H,5-6H2,1H3;2-6,11H,1H3. The van der Waals surface area contributed by atoms with Crippen LogP contribution in [0, 0.1) is 10.1 Å². The zero-order valence-electron chi connectivity index (χ0n) is 17.0. The second-order valence-electron chi connectivity index (χ2n) is 6.58. The second kappa shape index (κ2) is 9.57. The number of aromatic nitrogens is 2. The Morgan fingerprint density at radius 2 is 1.58 bits per heavy atom. The molecule has 2 N–H and O–H groups in total. The van der Waals surface area contributed by atoms with Crippen LogP contribution in [0.5, 0.6) is 0 Å². The lowest BCUT2D eigenvalue weighted by atomic mass is 10.0. The van der Waals surface area contributed by atoms with Gasteiger partial charge in [0.15, 0.2) is 0 Å². The second-order valence-corrected chi connectivity index (χ2v) is 6.58. The van der Waals surface area contributed by atoms with Gasteiger partial charge in [-0.1, -0.05) is 12.1 Å². The maximum absolute atomic E-state index is 11.6. The number of esters is 2. The molecule has 160 valence electrons. The molecule has 0 unspecified atom stereocenters. The molecule has 0 aliphatic carbocycles. The van der Waals surface area contributed by atoms with Crippen molar-refractivity contribution in [3.05, 3.63) is 81.7 Å². The summed E-state index contributed by atoms with van der Waals surface area (Å²) in [6.45, 7) is -0.164. The van der Waals surface area contributed by atoms with E-state index < -0.39 is 5.97 Å². The van der Waals surface area contributed by atoms with Crippen LogP contribution in [0.3, 0.4) is 0 Å². The highest BCUT2D eigenvalue weighted by Gasteiger charge is 2.15. The van der Waals surface area contributed by atoms with Crippen LogP contribution in [0.25, 0.3) is 21.8 Å². The highest BCUT2D eigenvalue weighted by Crippen LogP contribution is 2.24. The van der Waals surface area contributed by atoms with Gasteiger partial charge in [-0.05, 0) is 35.9 Å². The molecule has 4 aromatic rings. The minimum atomic E-state index is -0.442. The van der Waals surface area contributed by atoms with E-state index in [1.807, 2.05) is 24.3 Å². The van der Waals surface area contributed by atoms with Gasteiger partial charge in [0.05, 0.1) is 25.3 Å². The van der Waals surface area contributed by atoms with Gasteiger partial charge in [0.1, 0.15) is 0 Å². The molecule has 2 aromatic carbocycles. The fourth-order valence-corrected chi connectivity index (χ4v) is 3.32. The van der Waals surface area contributed by atoms with Crippen molar-refractivity contribution in [3.63, 3.8) is 0 Å². The molecule has 0 saturated heterocycles. The van der Waals surface area contributed by atoms with Gasteiger partial charge in [0, 0.05) is 45.5 Å². The first-order valence-electron chi connectivity index (χ1n) is 9.39. The van der Waals surface area contributed by atoms with E-state index in [-0.39, 0.29) is 23.9 Å². The number of nitro groups is 1. The van der Waals surface area contributed by atoms with Crippen LogP contribution >= 0.6 is 0 Å². The molecule has 0 radical (unpaired) electrons. The Kier molecular flexibility index (Phi) is 6.66. The van der Waals surface area contributed by atoms with Crippen molar-refractivity contribution in [2.75, 3.05) is 20.8 Å². The molecule has 0 atom stereocenters. The zero-order chi connectivity index (χ0) is 22.4. The third-order valence-electron chi connectivity index (χ3n) is 4.76. The van der Waals surface area contributed by atoms with Crippen molar-refractivity contribution in [2.45, 2.75) is 6.42 Å². The molecule has 0 fully saturated rings. The molecular weight excluding hydrogens is 402 g/mol. The summed E-state index contributed by atoms with van der Waals surface area (Å²) in [6.07, 6.45) is 3.78. The number of fused-ring (bicyclic) bond motifs is 2. The van der Waals surface area contributed by atoms with Crippen LogP contribution in [0.4, 0.5) is 0 Å². The number of hydrogen-bond donors (Lipinski definition) is 2. The van der Waals surface area contributed by atoms with Gasteiger partial charge in [-0.2, -0.15) is 0 Å². The molecule has 31 heavy (non-hydrogen) atoms. The molecule has 4 rings (SSSR count). The lowest BCUT2D eigenvalue weighted by molar-refractivity contribution is -0.479. The van der Waals surface area contributed by atoms with Gasteiger partial charge in [-0.25, -0.2) is 9.59 Å². The normalized spacial score (nSPS) is 10.4. The minimum Gasteiger partial charge on any atom is -0.465 e. The fraction of sp³-hybridized carbons (Fsp3) is 0.182. The third-order valence-corrected chi connectivity index (χ3v) is 4.76. The third kappa shape index (κ3) is 4.72. The molecule has 0 saturated carbocycles. The van der Waals surface area contributed by atoms with Gasteiger partial charge in [-0.3, -0.25) is 10.1 Å². The average molecular weight is 423 g/mol. The Balaban J connectivity index is 0.000000185. The molecule has 9 nitrogen and oxygen atoms in total. The summed E-state index contributed by atoms with van der Waals surface area (Å²) < 4.78 is 9.37. The summed E-state index contributed by atoms with van der Waals surface area (Å²) in [5, 5.41) is 12.0. The number of nitrogens with zero attached hydrogens (tertiary/aromatic N) is 1. The molecule has 2 aromatic heterocycles. The summed E-state index contributed by atoms with van der Waals surface area (Å²) in [6, 6.07) is 12.6. The fourth-order valence-electron chi connectivity index (χ4n) is 3.32. The van der Waals surface area contributed by atoms with Crippen LogP contribution < -0.4 is 0 Å². The number of rotatable bonds is 5. The first-order chi connectivity index (χ1) is 15.0. The summed E-state index contributed by atoms with van der Waals surface area (Å²) >= 11 is 0. The summed E-state index contributed by atoms with van der Waals surface area (Å²) in [5.74, 6) is -0.743. The number of ether oxygens (including phenoxy) is 2. The predicted molar refractivity (Wildman–Crippen MR) is 115 cm³/mol. The van der Waals surface area contributed by atoms with Crippen molar-refractivity contribution < 1.29 is 24.0 Å². The number of hydrogen-bond acceptors (Lipinski definition) is 6. The monoisotopic (exact) mass is 423 g/mol. The lowest BCUT2D eigenvalue weighted by Crippen LogP contribution is -2.06. The van der Waals surface area contributed by atoms with Gasteiger partial charge >= 0.3 is 11.9 Å². The topological polar surface area (TPSA) is 127 Å². The van der Waals surface area contributed by atoms with E-state index in [0.717, 1.165) is 22.0 Å². The number of nitrogens with one attached hydrogen (secondary N) is 2. The Labute approximate surface area is 177 Å². The van der Waals surface area contributed by atoms with Gasteiger partial charge in [0.25, 0.3) is 0 Å². The maximum atomic E-state index is 11.6. The van der Waals surface area contributed by atoms with Crippen LogP contribution in [-0.4, -0.2) is 47.6 Å². The summed E-state index contributed by atoms with van der Waals surface area (Å²) in [7, 11) is 2.69. The van der Waals surface area contributed by atoms with E-state index in [0.29, 0.717) is 16.5 Å². The first kappa shape index (κ1) is 21.6. The molecule has 0 aliphatic rings. The van der Waals surface area contributed by atoms with E-state index >= 15 is 0 Å². The molecule has 9 heteroatoms. The number of benzene rings is 2. The van der Waals surface area contributed by atoms with Crippen LogP contribution in [0.15, 0.2) is 54.9 Å². The van der Waals surface area contributed by atoms with E-state index in [2.05, 4.69) is 14.7 Å². The number of carbonyl (C=O) groups is 2. The molecule has 0 aliphatic heterocycles. The van der Waals surface area contributed by atoms with Crippen molar-refractivity contribution in [1.82, 2.24) is 9.97 Å². The molecule has 2 heterocycles. The highest BCUT2D eigenvalue weighted by atomic mass is 16.6. The number of aromatic amines is 2. The van der Waals surface area contributed by atoms with Gasteiger partial charge in [-0.15, -0.1) is 0 Å². The smallest absolute Gasteiger partial charge is 0.338 e. The van der Waals surface area contributed by atoms with Crippen LogP contribution in [-0.2, 0) is 15.9 Å². The molecule has 0 amide bonds. The van der Waals surface area contributed by atoms with E-state index in [9.17, 15) is 19.7 Å². The molecular formula is C22H21N3O6. The Morgan fingerprint density at radius 3 is 2.26 bits per heavy atom. The van der Waals surface area contributed by atoms with Crippen molar-refractivity contribution in [1.29, 1.82) is 0 Å². The number of H-pyrrole nitrogens is 2. The number of methoxy groups -OCH3 is 2. The minimum absolute atomic E-state index is 0.164. The lowest BCUT2D eigenvalue weighted by Gasteiger charge is -2.03. The first-order valence-corrected chi connectivity index (χ1v) is 9.39. The largest absolute Gasteiger partial charge is 0.465 e. The van der Waals surface area contributed by atoms with Gasteiger partial charge < -0.3 is 19.4 Å². The van der Waals surface area contributed by atoms with Crippen molar-refractivity contribution in [2.24, 2.45) is 0 Å². The van der Waals surface area contributed by atoms with E-state index in [1.54, 1.807) is 30.6 Å². The summed E-state index contributed by atoms with van der Waals surface area (Å²) in [5.41, 5.74) is 3.50. The van der Waals surface area contributed by atoms with Crippen LogP contribution in [0.1, 0.15) is 26.3 Å². The SMILES string of the molecule is COC(=O)c1cccc2[nH]cc(CC[N+](=O)[O-])c12.COC(=O)c1cccc2[nH]ccc12. The Morgan fingerprint density at radius 1 is 0.935 bits per heavy atom. The Hall–Kier alpha value is -4.14. The highest BCUT2D eigenvalue weighted by molar-refractivity contribution is 6.05. The average Bonchev–Trinajstić information content (AvgIpc) is 3.43. The predicted octanol–water partition coefficient (Wildman–Crippen LogP) is 3.73. The maximum Gasteiger partial charge on any atom is 0.338 e. The molecule has 0 bridgehead atoms. The zero-order valence-corrected chi connectivity index (χ0v) is 17.0. The van der Waals surface area contributed by atoms with Crippen molar-refractivity contribution >= 4 is 33.7 Å². The Bertz CT molecular complexity index is 1240. The number of carbonyl (C=O) groups excluding carboxylic acids is 2.